The first kappa shape index (κ1) is 17.5. The maximum atomic E-state index is 12.9. The van der Waals surface area contributed by atoms with E-state index < -0.39 is 0 Å². The molecule has 1 amide bonds. The van der Waals surface area contributed by atoms with E-state index in [1.165, 1.54) is 5.56 Å². The molecule has 4 aromatic rings. The maximum Gasteiger partial charge on any atom is 0.272 e. The van der Waals surface area contributed by atoms with E-state index in [4.69, 9.17) is 4.98 Å². The first-order chi connectivity index (χ1) is 14.3. The van der Waals surface area contributed by atoms with Crippen LogP contribution in [0.3, 0.4) is 0 Å². The summed E-state index contributed by atoms with van der Waals surface area (Å²) in [5.41, 5.74) is 2.34. The fraction of sp³-hybridized carbons (Fsp3) is 0.286. The first-order valence-electron chi connectivity index (χ1n) is 9.82. The summed E-state index contributed by atoms with van der Waals surface area (Å²) in [7, 11) is 0. The largest absolute Gasteiger partial charge is 0.335 e. The molecule has 0 atom stereocenters. The number of nitrogens with one attached hydrogen (secondary N) is 1. The topological polar surface area (TPSA) is 92.6 Å². The molecule has 0 bridgehead atoms. The lowest BCUT2D eigenvalue weighted by Gasteiger charge is -2.19. The number of pyridine rings is 1. The molecule has 29 heavy (non-hydrogen) atoms. The molecule has 8 nitrogen and oxygen atoms in total. The predicted molar refractivity (Wildman–Crippen MR) is 107 cm³/mol. The van der Waals surface area contributed by atoms with Gasteiger partial charge in [-0.1, -0.05) is 30.3 Å². The minimum Gasteiger partial charge on any atom is -0.335 e. The summed E-state index contributed by atoms with van der Waals surface area (Å²) in [5, 5.41) is 12.3. The smallest absolute Gasteiger partial charge is 0.272 e. The molecule has 3 aromatic heterocycles. The van der Waals surface area contributed by atoms with Crippen LogP contribution in [-0.2, 0) is 25.8 Å². The van der Waals surface area contributed by atoms with E-state index in [0.717, 1.165) is 29.9 Å². The molecular weight excluding hydrogens is 366 g/mol. The van der Waals surface area contributed by atoms with Crippen LogP contribution in [0.5, 0.6) is 0 Å². The Kier molecular flexibility index (Phi) is 4.51. The third kappa shape index (κ3) is 3.61. The zero-order valence-electron chi connectivity index (χ0n) is 16.0. The molecule has 0 saturated carbocycles. The number of carbonyl (C=O) groups excluding carboxylic acids is 1. The number of benzene rings is 1. The van der Waals surface area contributed by atoms with Gasteiger partial charge in [0.05, 0.1) is 12.7 Å². The van der Waals surface area contributed by atoms with Gasteiger partial charge in [0.2, 0.25) is 0 Å². The number of rotatable bonds is 4. The number of aromatic amines is 1. The summed E-state index contributed by atoms with van der Waals surface area (Å²) >= 11 is 0. The average Bonchev–Trinajstić information content (AvgIpc) is 3.34. The lowest BCUT2D eigenvalue weighted by Crippen LogP contribution is -2.34. The Balaban J connectivity index is 1.25. The fourth-order valence-electron chi connectivity index (χ4n) is 3.67. The van der Waals surface area contributed by atoms with Crippen molar-refractivity contribution in [1.82, 2.24) is 34.8 Å². The number of fused-ring (bicyclic) bond motifs is 2. The number of amides is 1. The molecule has 0 aliphatic carbocycles. The Bertz CT molecular complexity index is 1120. The average molecular weight is 387 g/mol. The van der Waals surface area contributed by atoms with Crippen LogP contribution >= 0.6 is 0 Å². The Morgan fingerprint density at radius 2 is 1.90 bits per heavy atom. The molecular formula is C21H21N7O. The number of aromatic nitrogens is 6. The molecule has 1 aliphatic heterocycles. The predicted octanol–water partition coefficient (Wildman–Crippen LogP) is 2.03. The van der Waals surface area contributed by atoms with Crippen LogP contribution in [0.4, 0.5) is 0 Å². The number of carbonyl (C=O) groups is 1. The van der Waals surface area contributed by atoms with Crippen LogP contribution in [0.1, 0.15) is 27.7 Å². The zero-order chi connectivity index (χ0) is 19.6. The van der Waals surface area contributed by atoms with Crippen molar-refractivity contribution in [3.05, 3.63) is 71.6 Å². The van der Waals surface area contributed by atoms with Crippen molar-refractivity contribution in [2.75, 3.05) is 13.1 Å². The van der Waals surface area contributed by atoms with Gasteiger partial charge in [-0.25, -0.2) is 14.6 Å². The van der Waals surface area contributed by atoms with E-state index in [-0.39, 0.29) is 5.91 Å². The second kappa shape index (κ2) is 7.46. The van der Waals surface area contributed by atoms with Crippen molar-refractivity contribution < 1.29 is 4.79 Å². The lowest BCUT2D eigenvalue weighted by molar-refractivity contribution is 0.0752. The molecule has 0 spiro atoms. The highest BCUT2D eigenvalue weighted by molar-refractivity contribution is 5.94. The van der Waals surface area contributed by atoms with Gasteiger partial charge in [0.1, 0.15) is 11.5 Å². The van der Waals surface area contributed by atoms with E-state index in [1.807, 2.05) is 21.7 Å². The fourth-order valence-corrected chi connectivity index (χ4v) is 3.67. The molecule has 0 fully saturated rings. The van der Waals surface area contributed by atoms with E-state index in [9.17, 15) is 4.79 Å². The van der Waals surface area contributed by atoms with Crippen LogP contribution in [0.25, 0.3) is 11.0 Å². The summed E-state index contributed by atoms with van der Waals surface area (Å²) in [6.45, 7) is 1.85. The van der Waals surface area contributed by atoms with E-state index >= 15 is 0 Å². The number of hydrogen-bond acceptors (Lipinski definition) is 5. The first-order valence-corrected chi connectivity index (χ1v) is 9.82. The van der Waals surface area contributed by atoms with Gasteiger partial charge in [0.25, 0.3) is 5.91 Å². The number of hydrogen-bond donors (Lipinski definition) is 1. The van der Waals surface area contributed by atoms with Crippen molar-refractivity contribution in [2.45, 2.75) is 25.8 Å². The normalized spacial score (nSPS) is 14.0. The van der Waals surface area contributed by atoms with Crippen molar-refractivity contribution >= 4 is 16.9 Å². The number of nitrogens with zero attached hydrogens (tertiary/aromatic N) is 6. The highest BCUT2D eigenvalue weighted by Gasteiger charge is 2.23. The van der Waals surface area contributed by atoms with Crippen molar-refractivity contribution in [3.63, 3.8) is 0 Å². The third-order valence-corrected chi connectivity index (χ3v) is 5.27. The molecule has 1 aliphatic rings. The van der Waals surface area contributed by atoms with Crippen LogP contribution in [-0.4, -0.2) is 53.8 Å². The molecule has 8 heteroatoms. The molecule has 0 unspecified atom stereocenters. The van der Waals surface area contributed by atoms with Gasteiger partial charge >= 0.3 is 0 Å². The SMILES string of the molecule is O=C(c1ccc2cn[nH]c2n1)N1CCc2nc(CCc3ccccc3)nn2CC1. The van der Waals surface area contributed by atoms with Gasteiger partial charge in [-0.15, -0.1) is 0 Å². The Morgan fingerprint density at radius 1 is 1.00 bits per heavy atom. The molecule has 1 aromatic carbocycles. The minimum atomic E-state index is -0.0726. The lowest BCUT2D eigenvalue weighted by atomic mass is 10.1. The molecule has 1 N–H and O–H groups in total. The van der Waals surface area contributed by atoms with E-state index in [2.05, 4.69) is 44.5 Å². The summed E-state index contributed by atoms with van der Waals surface area (Å²) in [6, 6.07) is 14.0. The number of H-pyrrole nitrogens is 1. The van der Waals surface area contributed by atoms with E-state index in [0.29, 0.717) is 37.4 Å². The van der Waals surface area contributed by atoms with Crippen molar-refractivity contribution in [3.8, 4) is 0 Å². The Labute approximate surface area is 167 Å². The number of aryl methyl sites for hydroxylation is 2. The molecule has 5 rings (SSSR count). The van der Waals surface area contributed by atoms with Gasteiger partial charge in [0, 0.05) is 31.3 Å². The molecule has 146 valence electrons. The van der Waals surface area contributed by atoms with Crippen molar-refractivity contribution in [1.29, 1.82) is 0 Å². The molecule has 0 radical (unpaired) electrons. The second-order valence-corrected chi connectivity index (χ2v) is 7.20. The monoisotopic (exact) mass is 387 g/mol. The zero-order valence-corrected chi connectivity index (χ0v) is 16.0. The van der Waals surface area contributed by atoms with Crippen LogP contribution < -0.4 is 0 Å². The second-order valence-electron chi connectivity index (χ2n) is 7.20. The van der Waals surface area contributed by atoms with Crippen molar-refractivity contribution in [2.24, 2.45) is 0 Å². The minimum absolute atomic E-state index is 0.0726. The van der Waals surface area contributed by atoms with Gasteiger partial charge in [-0.3, -0.25) is 9.89 Å². The molecule has 4 heterocycles. The van der Waals surface area contributed by atoms with Crippen LogP contribution in [0, 0.1) is 0 Å². The highest BCUT2D eigenvalue weighted by atomic mass is 16.2. The highest BCUT2D eigenvalue weighted by Crippen LogP contribution is 2.14. The summed E-state index contributed by atoms with van der Waals surface area (Å²) in [6.07, 6.45) is 4.14. The Hall–Kier alpha value is -3.55. The molecule has 0 saturated heterocycles. The van der Waals surface area contributed by atoms with E-state index in [1.54, 1.807) is 12.3 Å². The van der Waals surface area contributed by atoms with Gasteiger partial charge in [-0.05, 0) is 24.1 Å². The third-order valence-electron chi connectivity index (χ3n) is 5.27. The standard InChI is InChI=1S/C21H21N7O/c29-21(17-8-7-16-14-22-25-20(16)23-17)27-11-10-19-24-18(26-28(19)13-12-27)9-6-15-4-2-1-3-5-15/h1-5,7-8,14H,6,9-13H2,(H,22,23,25). The summed E-state index contributed by atoms with van der Waals surface area (Å²) in [5.74, 6) is 1.74. The van der Waals surface area contributed by atoms with Gasteiger partial charge < -0.3 is 4.90 Å². The van der Waals surface area contributed by atoms with Gasteiger partial charge in [-0.2, -0.15) is 10.2 Å². The van der Waals surface area contributed by atoms with Gasteiger partial charge in [0.15, 0.2) is 11.5 Å². The van der Waals surface area contributed by atoms with Crippen LogP contribution in [0.15, 0.2) is 48.7 Å². The maximum absolute atomic E-state index is 12.9. The summed E-state index contributed by atoms with van der Waals surface area (Å²) in [4.78, 5) is 23.8. The Morgan fingerprint density at radius 3 is 2.79 bits per heavy atom. The quantitative estimate of drug-likeness (QED) is 0.578. The summed E-state index contributed by atoms with van der Waals surface area (Å²) < 4.78 is 1.94. The van der Waals surface area contributed by atoms with Crippen LogP contribution in [0.2, 0.25) is 0 Å².